The fraction of sp³-hybridized carbons (Fsp3) is 0.0137. The molecule has 0 atom stereocenters. The van der Waals surface area contributed by atoms with Gasteiger partial charge in [-0.05, 0) is 198 Å². The van der Waals surface area contributed by atoms with E-state index in [9.17, 15) is 0 Å². The third-order valence-corrected chi connectivity index (χ3v) is 19.0. The molecular formula is C73H44N2S2. The van der Waals surface area contributed by atoms with Gasteiger partial charge in [-0.2, -0.15) is 0 Å². The third-order valence-electron chi connectivity index (χ3n) is 16.7. The summed E-state index contributed by atoms with van der Waals surface area (Å²) < 4.78 is 5.22. The molecule has 2 heterocycles. The fourth-order valence-electron chi connectivity index (χ4n) is 13.4. The molecule has 0 N–H and O–H groups in total. The molecule has 358 valence electrons. The Morgan fingerprint density at radius 1 is 0.234 bits per heavy atom. The fourth-order valence-corrected chi connectivity index (χ4v) is 15.6. The SMILES string of the molecule is c1ccc(N(c2ccc3cc4c(cc3c2)C2(c3cc5cc(N(c6ccccc6)c6ccc7sc8ccccc8c7c6)ccc5cc3-4)c3ccccc3-c3c2ccc2ccccc32)c2ccc3sc4ccccc4c3c2)cc1. The molecule has 0 radical (unpaired) electrons. The minimum Gasteiger partial charge on any atom is -0.310 e. The lowest BCUT2D eigenvalue weighted by molar-refractivity contribution is 0.797. The molecule has 0 fully saturated rings. The highest BCUT2D eigenvalue weighted by atomic mass is 32.1. The van der Waals surface area contributed by atoms with Crippen molar-refractivity contribution in [3.05, 3.63) is 289 Å². The number of rotatable bonds is 6. The number of anilines is 6. The third kappa shape index (κ3) is 6.23. The summed E-state index contributed by atoms with van der Waals surface area (Å²) in [6.45, 7) is 0. The predicted molar refractivity (Wildman–Crippen MR) is 330 cm³/mol. The summed E-state index contributed by atoms with van der Waals surface area (Å²) in [4.78, 5) is 4.86. The maximum atomic E-state index is 2.55. The lowest BCUT2D eigenvalue weighted by Crippen LogP contribution is -2.26. The Bertz CT molecular complexity index is 4710. The molecule has 2 aliphatic carbocycles. The van der Waals surface area contributed by atoms with Crippen LogP contribution in [0.1, 0.15) is 22.3 Å². The Balaban J connectivity index is 0.895. The highest BCUT2D eigenvalue weighted by molar-refractivity contribution is 7.26. The van der Waals surface area contributed by atoms with Crippen molar-refractivity contribution < 1.29 is 0 Å². The van der Waals surface area contributed by atoms with Gasteiger partial charge in [0, 0.05) is 74.5 Å². The Labute approximate surface area is 453 Å². The number of thiophene rings is 2. The molecule has 1 spiro atoms. The number of benzene rings is 13. The van der Waals surface area contributed by atoms with Crippen LogP contribution < -0.4 is 9.80 Å². The van der Waals surface area contributed by atoms with E-state index in [1.165, 1.54) is 117 Å². The number of nitrogens with zero attached hydrogens (tertiary/aromatic N) is 2. The molecule has 2 aromatic heterocycles. The van der Waals surface area contributed by atoms with E-state index in [4.69, 9.17) is 0 Å². The van der Waals surface area contributed by atoms with Gasteiger partial charge in [0.1, 0.15) is 0 Å². The number of para-hydroxylation sites is 2. The number of hydrogen-bond donors (Lipinski definition) is 0. The summed E-state index contributed by atoms with van der Waals surface area (Å²) in [7, 11) is 0. The lowest BCUT2D eigenvalue weighted by atomic mass is 9.70. The maximum absolute atomic E-state index is 2.55. The highest BCUT2D eigenvalue weighted by Gasteiger charge is 2.52. The van der Waals surface area contributed by atoms with E-state index in [0.29, 0.717) is 0 Å². The van der Waals surface area contributed by atoms with Crippen molar-refractivity contribution in [2.24, 2.45) is 0 Å². The quantitative estimate of drug-likeness (QED) is 0.164. The molecule has 0 unspecified atom stereocenters. The van der Waals surface area contributed by atoms with E-state index < -0.39 is 5.41 Å². The molecule has 0 saturated heterocycles. The van der Waals surface area contributed by atoms with Gasteiger partial charge in [-0.3, -0.25) is 0 Å². The van der Waals surface area contributed by atoms with E-state index in [1.54, 1.807) is 0 Å². The van der Waals surface area contributed by atoms with Gasteiger partial charge in [0.25, 0.3) is 0 Å². The molecule has 13 aromatic carbocycles. The topological polar surface area (TPSA) is 6.48 Å². The predicted octanol–water partition coefficient (Wildman–Crippen LogP) is 21.2. The van der Waals surface area contributed by atoms with Crippen LogP contribution in [0.4, 0.5) is 34.1 Å². The van der Waals surface area contributed by atoms with Crippen molar-refractivity contribution in [2.75, 3.05) is 9.80 Å². The van der Waals surface area contributed by atoms with Crippen LogP contribution in [-0.2, 0) is 5.41 Å². The van der Waals surface area contributed by atoms with Crippen molar-refractivity contribution in [1.82, 2.24) is 0 Å². The van der Waals surface area contributed by atoms with Crippen LogP contribution in [0.5, 0.6) is 0 Å². The van der Waals surface area contributed by atoms with Gasteiger partial charge in [0.2, 0.25) is 0 Å². The standard InChI is InChI=1S/C73H44N2S2/c1-3-16-50(17-4-1)74(54-32-35-70-62(43-54)57-21-10-13-25-68(57)76-70)52-30-27-46-39-60-61-40-47-28-31-53(75(51-18-5-2-6-19-51)55-33-36-71-63(44-55)58-22-11-14-26-69(58)77-71)38-49(47)42-67(61)73(66(60)41-48(46)37-52)64-24-12-9-23-59(64)72-56-20-8-7-15-45(56)29-34-65(72)73/h1-44H. The lowest BCUT2D eigenvalue weighted by Gasteiger charge is -2.31. The van der Waals surface area contributed by atoms with E-state index in [-0.39, 0.29) is 0 Å². The van der Waals surface area contributed by atoms with Crippen LogP contribution in [0.3, 0.4) is 0 Å². The Morgan fingerprint density at radius 3 is 1.25 bits per heavy atom. The molecule has 2 nitrogen and oxygen atoms in total. The molecule has 15 aromatic rings. The van der Waals surface area contributed by atoms with E-state index in [1.807, 2.05) is 22.7 Å². The van der Waals surface area contributed by atoms with E-state index in [0.717, 1.165) is 34.1 Å². The summed E-state index contributed by atoms with van der Waals surface area (Å²) in [5.41, 5.74) is 16.7. The first kappa shape index (κ1) is 43.0. The normalized spacial score (nSPS) is 13.0. The van der Waals surface area contributed by atoms with Crippen molar-refractivity contribution in [3.63, 3.8) is 0 Å². The molecular weight excluding hydrogens is 969 g/mol. The molecule has 0 amide bonds. The van der Waals surface area contributed by atoms with Gasteiger partial charge in [-0.15, -0.1) is 22.7 Å². The second kappa shape index (κ2) is 16.3. The molecule has 2 aliphatic rings. The summed E-state index contributed by atoms with van der Waals surface area (Å²) in [5.74, 6) is 0. The summed E-state index contributed by atoms with van der Waals surface area (Å²) in [6, 6.07) is 100. The molecule has 0 bridgehead atoms. The molecule has 4 heteroatoms. The molecule has 17 rings (SSSR count). The first-order chi connectivity index (χ1) is 38.1. The van der Waals surface area contributed by atoms with Gasteiger partial charge in [-0.25, -0.2) is 0 Å². The smallest absolute Gasteiger partial charge is 0.0726 e. The maximum Gasteiger partial charge on any atom is 0.0726 e. The second-order valence-electron chi connectivity index (χ2n) is 20.8. The van der Waals surface area contributed by atoms with Crippen LogP contribution in [-0.4, -0.2) is 0 Å². The van der Waals surface area contributed by atoms with Gasteiger partial charge in [0.15, 0.2) is 0 Å². The van der Waals surface area contributed by atoms with Crippen LogP contribution in [0.2, 0.25) is 0 Å². The van der Waals surface area contributed by atoms with Crippen LogP contribution in [0, 0.1) is 0 Å². The van der Waals surface area contributed by atoms with Crippen molar-refractivity contribution in [3.8, 4) is 22.3 Å². The molecule has 77 heavy (non-hydrogen) atoms. The minimum absolute atomic E-state index is 0.580. The van der Waals surface area contributed by atoms with Gasteiger partial charge in [0.05, 0.1) is 5.41 Å². The first-order valence-corrected chi connectivity index (χ1v) is 28.1. The summed E-state index contributed by atoms with van der Waals surface area (Å²) >= 11 is 3.72. The highest BCUT2D eigenvalue weighted by Crippen LogP contribution is 2.65. The second-order valence-corrected chi connectivity index (χ2v) is 22.9. The van der Waals surface area contributed by atoms with E-state index >= 15 is 0 Å². The van der Waals surface area contributed by atoms with Gasteiger partial charge in [-0.1, -0.05) is 146 Å². The van der Waals surface area contributed by atoms with Crippen molar-refractivity contribution in [1.29, 1.82) is 0 Å². The Hall–Kier alpha value is -9.32. The van der Waals surface area contributed by atoms with Crippen LogP contribution in [0.25, 0.3) is 94.9 Å². The molecule has 0 aliphatic heterocycles. The molecule has 0 saturated carbocycles. The number of hydrogen-bond acceptors (Lipinski definition) is 4. The average molecular weight is 1010 g/mol. The van der Waals surface area contributed by atoms with Crippen LogP contribution >= 0.6 is 22.7 Å². The van der Waals surface area contributed by atoms with Gasteiger partial charge < -0.3 is 9.80 Å². The Kier molecular flexibility index (Phi) is 9.12. The van der Waals surface area contributed by atoms with Gasteiger partial charge >= 0.3 is 0 Å². The van der Waals surface area contributed by atoms with E-state index in [2.05, 4.69) is 277 Å². The monoisotopic (exact) mass is 1010 g/mol. The zero-order chi connectivity index (χ0) is 50.3. The Morgan fingerprint density at radius 2 is 0.675 bits per heavy atom. The average Bonchev–Trinajstić information content (AvgIpc) is 3.94. The zero-order valence-corrected chi connectivity index (χ0v) is 43.2. The van der Waals surface area contributed by atoms with Crippen LogP contribution in [0.15, 0.2) is 267 Å². The summed E-state index contributed by atoms with van der Waals surface area (Å²) in [6.07, 6.45) is 0. The zero-order valence-electron chi connectivity index (χ0n) is 41.6. The largest absolute Gasteiger partial charge is 0.310 e. The summed E-state index contributed by atoms with van der Waals surface area (Å²) in [5, 5.41) is 12.6. The first-order valence-electron chi connectivity index (χ1n) is 26.5. The van der Waals surface area contributed by atoms with Crippen molar-refractivity contribution >= 4 is 129 Å². The minimum atomic E-state index is -0.580. The van der Waals surface area contributed by atoms with Crippen molar-refractivity contribution in [2.45, 2.75) is 5.41 Å². The number of fused-ring (bicyclic) bond motifs is 20.